The van der Waals surface area contributed by atoms with Crippen molar-refractivity contribution >= 4 is 12.0 Å². The minimum absolute atomic E-state index is 0.0916. The Morgan fingerprint density at radius 1 is 1.32 bits per heavy atom. The molecule has 0 radical (unpaired) electrons. The summed E-state index contributed by atoms with van der Waals surface area (Å²) in [5.74, 6) is 0.813. The number of aliphatic imine (C=N–C) groups is 1. The van der Waals surface area contributed by atoms with Gasteiger partial charge in [0.2, 0.25) is 5.78 Å². The maximum absolute atomic E-state index is 11.7. The molecule has 7 nitrogen and oxygen atoms in total. The molecule has 0 unspecified atom stereocenters. The average Bonchev–Trinajstić information content (AvgIpc) is 3.07. The number of allylic oxidation sites excluding steroid dienone is 1. The van der Waals surface area contributed by atoms with Crippen molar-refractivity contribution in [3.05, 3.63) is 54.5 Å². The third-order valence-corrected chi connectivity index (χ3v) is 3.20. The number of carbonyl (C=O) groups is 1. The first kappa shape index (κ1) is 10.1. The van der Waals surface area contributed by atoms with Crippen molar-refractivity contribution < 1.29 is 4.79 Å². The summed E-state index contributed by atoms with van der Waals surface area (Å²) in [5, 5.41) is 4.98. The summed E-state index contributed by atoms with van der Waals surface area (Å²) >= 11 is 0. The number of fused-ring (bicyclic) bond motifs is 2. The van der Waals surface area contributed by atoms with Gasteiger partial charge in [-0.05, 0) is 0 Å². The highest BCUT2D eigenvalue weighted by Gasteiger charge is 2.32. The van der Waals surface area contributed by atoms with E-state index in [1.807, 2.05) is 33.2 Å². The zero-order valence-corrected chi connectivity index (χ0v) is 9.89. The molecule has 4 heterocycles. The van der Waals surface area contributed by atoms with E-state index in [-0.39, 0.29) is 5.78 Å². The standard InChI is InChI=1S/C12H10N6O/c19-10-6-14-5-9-12(10)15-7-11-17(9)3-4-18(11)16-2-1-13-8-16/h1-4,6-8,15H,5H2. The Kier molecular flexibility index (Phi) is 1.91. The van der Waals surface area contributed by atoms with Crippen LogP contribution >= 0.6 is 0 Å². The van der Waals surface area contributed by atoms with Crippen LogP contribution in [0.2, 0.25) is 0 Å². The molecular formula is C12H10N6O. The Balaban J connectivity index is 1.72. The highest BCUT2D eigenvalue weighted by Crippen LogP contribution is 2.28. The lowest BCUT2D eigenvalue weighted by molar-refractivity contribution is -0.109. The summed E-state index contributed by atoms with van der Waals surface area (Å²) in [6.07, 6.45) is 12.3. The van der Waals surface area contributed by atoms with Crippen LogP contribution in [0.4, 0.5) is 0 Å². The minimum atomic E-state index is -0.0916. The molecule has 3 aliphatic rings. The van der Waals surface area contributed by atoms with Gasteiger partial charge in [-0.2, -0.15) is 0 Å². The maximum Gasteiger partial charge on any atom is 0.221 e. The van der Waals surface area contributed by atoms with Crippen molar-refractivity contribution in [3.8, 4) is 0 Å². The van der Waals surface area contributed by atoms with E-state index in [0.29, 0.717) is 12.2 Å². The molecule has 4 rings (SSSR count). The second-order valence-corrected chi connectivity index (χ2v) is 4.26. The van der Waals surface area contributed by atoms with Gasteiger partial charge < -0.3 is 5.32 Å². The predicted octanol–water partition coefficient (Wildman–Crippen LogP) is -0.125. The summed E-state index contributed by atoms with van der Waals surface area (Å²) < 4.78 is 1.85. The number of nitrogens with one attached hydrogen (secondary N) is 1. The van der Waals surface area contributed by atoms with Crippen LogP contribution in [-0.4, -0.2) is 33.1 Å². The molecular weight excluding hydrogens is 244 g/mol. The van der Waals surface area contributed by atoms with Gasteiger partial charge in [0.05, 0.1) is 18.5 Å². The predicted molar refractivity (Wildman–Crippen MR) is 68.0 cm³/mol. The summed E-state index contributed by atoms with van der Waals surface area (Å²) in [4.78, 5) is 21.8. The molecule has 0 fully saturated rings. The number of nitrogens with zero attached hydrogens (tertiary/aromatic N) is 5. The van der Waals surface area contributed by atoms with E-state index in [4.69, 9.17) is 0 Å². The number of rotatable bonds is 1. The zero-order valence-electron chi connectivity index (χ0n) is 9.89. The average molecular weight is 254 g/mol. The molecule has 94 valence electrons. The smallest absolute Gasteiger partial charge is 0.221 e. The lowest BCUT2D eigenvalue weighted by Crippen LogP contribution is -2.39. The molecule has 0 bridgehead atoms. The fourth-order valence-electron chi connectivity index (χ4n) is 2.32. The summed E-state index contributed by atoms with van der Waals surface area (Å²) in [6, 6.07) is 0. The number of aromatic nitrogens is 2. The van der Waals surface area contributed by atoms with Gasteiger partial charge in [-0.1, -0.05) is 0 Å². The monoisotopic (exact) mass is 254 g/mol. The van der Waals surface area contributed by atoms with Crippen LogP contribution in [0.1, 0.15) is 0 Å². The third-order valence-electron chi connectivity index (χ3n) is 3.20. The lowest BCUT2D eigenvalue weighted by atomic mass is 10.1. The van der Waals surface area contributed by atoms with Crippen molar-refractivity contribution in [3.63, 3.8) is 0 Å². The number of Topliss-reactive ketones (excluding diaryl/α,β-unsaturated/α-hetero) is 1. The van der Waals surface area contributed by atoms with Crippen molar-refractivity contribution in [2.24, 2.45) is 4.99 Å². The first-order valence-electron chi connectivity index (χ1n) is 5.83. The number of ketones is 1. The molecule has 0 amide bonds. The van der Waals surface area contributed by atoms with E-state index in [9.17, 15) is 4.79 Å². The molecule has 7 heteroatoms. The summed E-state index contributed by atoms with van der Waals surface area (Å²) in [5.41, 5.74) is 1.46. The fourth-order valence-corrected chi connectivity index (χ4v) is 2.32. The number of hydrogen-bond acceptors (Lipinski definition) is 6. The molecule has 0 saturated carbocycles. The molecule has 1 aromatic heterocycles. The van der Waals surface area contributed by atoms with Crippen LogP contribution in [0.5, 0.6) is 0 Å². The first-order chi connectivity index (χ1) is 9.34. The van der Waals surface area contributed by atoms with Gasteiger partial charge >= 0.3 is 0 Å². The van der Waals surface area contributed by atoms with E-state index >= 15 is 0 Å². The van der Waals surface area contributed by atoms with E-state index in [0.717, 1.165) is 11.5 Å². The topological polar surface area (TPSA) is 65.8 Å². The summed E-state index contributed by atoms with van der Waals surface area (Å²) in [6.45, 7) is 0.494. The highest BCUT2D eigenvalue weighted by atomic mass is 16.1. The van der Waals surface area contributed by atoms with Gasteiger partial charge in [0.15, 0.2) is 5.82 Å². The van der Waals surface area contributed by atoms with Gasteiger partial charge in [0, 0.05) is 31.0 Å². The fraction of sp³-hybridized carbons (Fsp3) is 0.0833. The molecule has 3 aliphatic heterocycles. The molecule has 0 spiro atoms. The molecule has 0 saturated heterocycles. The summed E-state index contributed by atoms with van der Waals surface area (Å²) in [7, 11) is 0. The third kappa shape index (κ3) is 1.35. The minimum Gasteiger partial charge on any atom is -0.354 e. The van der Waals surface area contributed by atoms with Crippen molar-refractivity contribution in [1.82, 2.24) is 19.9 Å². The SMILES string of the molecule is O=C1C=NCC2=C1NC=C1N2C=CN1n1ccnc1. The Hall–Kier alpha value is -2.83. The lowest BCUT2D eigenvalue weighted by Gasteiger charge is -2.32. The zero-order chi connectivity index (χ0) is 12.8. The van der Waals surface area contributed by atoms with Crippen molar-refractivity contribution in [2.45, 2.75) is 0 Å². The maximum atomic E-state index is 11.7. The molecule has 1 N–H and O–H groups in total. The number of imidazole rings is 1. The number of hydrogen-bond donors (Lipinski definition) is 1. The van der Waals surface area contributed by atoms with Crippen LogP contribution in [-0.2, 0) is 4.79 Å². The van der Waals surface area contributed by atoms with Crippen LogP contribution in [0.3, 0.4) is 0 Å². The van der Waals surface area contributed by atoms with Gasteiger partial charge in [0.25, 0.3) is 0 Å². The van der Waals surface area contributed by atoms with Crippen LogP contribution in [0.25, 0.3) is 0 Å². The largest absolute Gasteiger partial charge is 0.354 e. The molecule has 19 heavy (non-hydrogen) atoms. The second kappa shape index (κ2) is 3.58. The number of dihydropyridines is 1. The van der Waals surface area contributed by atoms with Gasteiger partial charge in [0.1, 0.15) is 12.0 Å². The highest BCUT2D eigenvalue weighted by molar-refractivity contribution is 6.35. The van der Waals surface area contributed by atoms with Gasteiger partial charge in [-0.3, -0.25) is 14.7 Å². The van der Waals surface area contributed by atoms with E-state index in [1.165, 1.54) is 6.21 Å². The Bertz CT molecular complexity index is 666. The van der Waals surface area contributed by atoms with Crippen LogP contribution in [0, 0.1) is 0 Å². The molecule has 0 aromatic carbocycles. The van der Waals surface area contributed by atoms with Crippen LogP contribution in [0.15, 0.2) is 59.5 Å². The normalized spacial score (nSPS) is 20.4. The van der Waals surface area contributed by atoms with Gasteiger partial charge in [-0.15, -0.1) is 0 Å². The molecule has 1 aromatic rings. The van der Waals surface area contributed by atoms with E-state index in [2.05, 4.69) is 15.3 Å². The quantitative estimate of drug-likeness (QED) is 0.756. The molecule has 0 aliphatic carbocycles. The second-order valence-electron chi connectivity index (χ2n) is 4.26. The van der Waals surface area contributed by atoms with Crippen molar-refractivity contribution in [1.29, 1.82) is 0 Å². The van der Waals surface area contributed by atoms with Gasteiger partial charge in [-0.25, -0.2) is 14.7 Å². The first-order valence-corrected chi connectivity index (χ1v) is 5.83. The van der Waals surface area contributed by atoms with E-state index < -0.39 is 0 Å². The number of carbonyl (C=O) groups excluding carboxylic acids is 1. The van der Waals surface area contributed by atoms with E-state index in [1.54, 1.807) is 18.7 Å². The Morgan fingerprint density at radius 3 is 3.11 bits per heavy atom. The van der Waals surface area contributed by atoms with Crippen molar-refractivity contribution in [2.75, 3.05) is 11.6 Å². The Labute approximate surface area is 108 Å². The van der Waals surface area contributed by atoms with Crippen LogP contribution < -0.4 is 10.3 Å². The Morgan fingerprint density at radius 2 is 2.26 bits per heavy atom. The molecule has 0 atom stereocenters.